The van der Waals surface area contributed by atoms with Crippen molar-refractivity contribution in [2.24, 2.45) is 0 Å². The Labute approximate surface area is 190 Å². The topological polar surface area (TPSA) is 73.4 Å². The molecule has 2 aromatic rings. The Bertz CT molecular complexity index is 973. The highest BCUT2D eigenvalue weighted by atomic mass is 16.2. The number of benzene rings is 1. The predicted molar refractivity (Wildman–Crippen MR) is 127 cm³/mol. The van der Waals surface area contributed by atoms with Crippen LogP contribution in [0.15, 0.2) is 24.4 Å². The number of hydrogen-bond acceptors (Lipinski definition) is 6. The Morgan fingerprint density at radius 1 is 1.12 bits per heavy atom. The minimum absolute atomic E-state index is 0.306. The minimum atomic E-state index is 0.306. The molecule has 0 radical (unpaired) electrons. The number of anilines is 3. The number of carbonyl (C=O) groups excluding carboxylic acids is 1. The Balaban J connectivity index is 1.22. The van der Waals surface area contributed by atoms with Crippen LogP contribution in [0.1, 0.15) is 61.1 Å². The molecule has 170 valence electrons. The maximum Gasteiger partial charge on any atom is 0.229 e. The van der Waals surface area contributed by atoms with Crippen LogP contribution in [0.3, 0.4) is 0 Å². The predicted octanol–water partition coefficient (Wildman–Crippen LogP) is 3.90. The van der Waals surface area contributed by atoms with Crippen molar-refractivity contribution < 1.29 is 4.79 Å². The third-order valence-electron chi connectivity index (χ3n) is 6.82. The first kappa shape index (κ1) is 21.2. The van der Waals surface area contributed by atoms with E-state index in [9.17, 15) is 4.79 Å². The molecule has 2 N–H and O–H groups in total. The zero-order valence-corrected chi connectivity index (χ0v) is 19.1. The molecule has 1 amide bonds. The van der Waals surface area contributed by atoms with Crippen molar-refractivity contribution >= 4 is 23.4 Å². The molecule has 7 heteroatoms. The molecule has 0 atom stereocenters. The number of fused-ring (bicyclic) bond motifs is 1. The Kier molecular flexibility index (Phi) is 6.26. The number of piperidine rings is 1. The number of hydrogen-bond donors (Lipinski definition) is 2. The highest BCUT2D eigenvalue weighted by Crippen LogP contribution is 2.42. The molecule has 32 heavy (non-hydrogen) atoms. The Morgan fingerprint density at radius 3 is 2.88 bits per heavy atom. The second-order valence-corrected chi connectivity index (χ2v) is 9.49. The second kappa shape index (κ2) is 9.45. The first-order chi connectivity index (χ1) is 15.7. The van der Waals surface area contributed by atoms with Gasteiger partial charge in [0.15, 0.2) is 0 Å². The maximum absolute atomic E-state index is 12.0. The van der Waals surface area contributed by atoms with Crippen LogP contribution < -0.4 is 10.6 Å². The van der Waals surface area contributed by atoms with E-state index in [0.717, 1.165) is 69.9 Å². The molecule has 2 fully saturated rings. The molecule has 1 aliphatic carbocycles. The van der Waals surface area contributed by atoms with E-state index in [1.165, 1.54) is 29.5 Å². The van der Waals surface area contributed by atoms with E-state index in [1.54, 1.807) is 0 Å². The van der Waals surface area contributed by atoms with Gasteiger partial charge in [-0.3, -0.25) is 4.79 Å². The lowest BCUT2D eigenvalue weighted by Gasteiger charge is -2.26. The van der Waals surface area contributed by atoms with E-state index in [-0.39, 0.29) is 0 Å². The van der Waals surface area contributed by atoms with Crippen molar-refractivity contribution in [3.8, 4) is 0 Å². The summed E-state index contributed by atoms with van der Waals surface area (Å²) in [6.45, 7) is 4.65. The van der Waals surface area contributed by atoms with Crippen LogP contribution in [0.4, 0.5) is 17.5 Å². The highest BCUT2D eigenvalue weighted by molar-refractivity contribution is 5.76. The van der Waals surface area contributed by atoms with Crippen molar-refractivity contribution in [2.75, 3.05) is 43.9 Å². The summed E-state index contributed by atoms with van der Waals surface area (Å²) < 4.78 is 0. The van der Waals surface area contributed by atoms with E-state index in [1.807, 2.05) is 11.1 Å². The van der Waals surface area contributed by atoms with E-state index in [0.29, 0.717) is 24.2 Å². The first-order valence-electron chi connectivity index (χ1n) is 12.1. The molecule has 1 saturated heterocycles. The molecule has 3 aliphatic rings. The fourth-order valence-corrected chi connectivity index (χ4v) is 4.76. The zero-order valence-electron chi connectivity index (χ0n) is 19.1. The van der Waals surface area contributed by atoms with Crippen LogP contribution in [0, 0.1) is 0 Å². The third-order valence-corrected chi connectivity index (χ3v) is 6.82. The zero-order chi connectivity index (χ0) is 21.9. The molecule has 1 aromatic heterocycles. The molecule has 5 rings (SSSR count). The summed E-state index contributed by atoms with van der Waals surface area (Å²) in [5.74, 6) is 2.46. The third kappa shape index (κ3) is 5.04. The van der Waals surface area contributed by atoms with Gasteiger partial charge in [-0.05, 0) is 74.8 Å². The van der Waals surface area contributed by atoms with Crippen LogP contribution >= 0.6 is 0 Å². The molecular weight excluding hydrogens is 400 g/mol. The SMILES string of the molecule is CN1CCc2cc(Nc3ncc(C4CC4)c(NCCCN4CCCCC4=O)n3)ccc2C1. The standard InChI is InChI=1S/C25H34N6O/c1-30-14-10-19-15-21(9-8-20(19)17-30)28-25-27-16-22(18-6-7-18)24(29-25)26-11-4-13-31-12-3-2-5-23(31)32/h8-9,15-16,18H,2-7,10-14,17H2,1H3,(H2,26,27,28,29). The molecule has 7 nitrogen and oxygen atoms in total. The highest BCUT2D eigenvalue weighted by Gasteiger charge is 2.27. The van der Waals surface area contributed by atoms with Crippen LogP contribution in [0.25, 0.3) is 0 Å². The van der Waals surface area contributed by atoms with Gasteiger partial charge in [-0.25, -0.2) is 4.98 Å². The van der Waals surface area contributed by atoms with Gasteiger partial charge >= 0.3 is 0 Å². The lowest BCUT2D eigenvalue weighted by molar-refractivity contribution is -0.133. The van der Waals surface area contributed by atoms with E-state index < -0.39 is 0 Å². The summed E-state index contributed by atoms with van der Waals surface area (Å²) in [7, 11) is 2.17. The minimum Gasteiger partial charge on any atom is -0.370 e. The van der Waals surface area contributed by atoms with Crippen molar-refractivity contribution in [3.05, 3.63) is 41.1 Å². The van der Waals surface area contributed by atoms with Crippen LogP contribution in [0.2, 0.25) is 0 Å². The van der Waals surface area contributed by atoms with Gasteiger partial charge in [0.2, 0.25) is 11.9 Å². The van der Waals surface area contributed by atoms with Gasteiger partial charge in [-0.2, -0.15) is 4.98 Å². The Hall–Kier alpha value is -2.67. The molecule has 1 saturated carbocycles. The van der Waals surface area contributed by atoms with E-state index >= 15 is 0 Å². The quantitative estimate of drug-likeness (QED) is 0.614. The molecule has 0 unspecified atom stereocenters. The van der Waals surface area contributed by atoms with Gasteiger partial charge in [-0.1, -0.05) is 6.07 Å². The van der Waals surface area contributed by atoms with Crippen LogP contribution in [0.5, 0.6) is 0 Å². The number of nitrogens with one attached hydrogen (secondary N) is 2. The monoisotopic (exact) mass is 434 g/mol. The molecule has 3 heterocycles. The van der Waals surface area contributed by atoms with Crippen LogP contribution in [-0.2, 0) is 17.8 Å². The summed E-state index contributed by atoms with van der Waals surface area (Å²) in [5.41, 5.74) is 5.08. The average molecular weight is 435 g/mol. The Morgan fingerprint density at radius 2 is 2.03 bits per heavy atom. The van der Waals surface area contributed by atoms with Gasteiger partial charge in [0.05, 0.1) is 0 Å². The summed E-state index contributed by atoms with van der Waals surface area (Å²) in [4.78, 5) is 25.8. The number of amides is 1. The van der Waals surface area contributed by atoms with Crippen molar-refractivity contribution in [2.45, 2.75) is 57.4 Å². The number of likely N-dealkylation sites (tertiary alicyclic amines) is 1. The number of likely N-dealkylation sites (N-methyl/N-ethyl adjacent to an activating group) is 1. The summed E-state index contributed by atoms with van der Waals surface area (Å²) in [5, 5.41) is 6.95. The van der Waals surface area contributed by atoms with E-state index in [2.05, 4.69) is 45.8 Å². The van der Waals surface area contributed by atoms with Crippen molar-refractivity contribution in [1.29, 1.82) is 0 Å². The number of aromatic nitrogens is 2. The smallest absolute Gasteiger partial charge is 0.229 e. The fraction of sp³-hybridized carbons (Fsp3) is 0.560. The maximum atomic E-state index is 12.0. The fourth-order valence-electron chi connectivity index (χ4n) is 4.76. The first-order valence-corrected chi connectivity index (χ1v) is 12.1. The summed E-state index contributed by atoms with van der Waals surface area (Å²) >= 11 is 0. The number of nitrogens with zero attached hydrogens (tertiary/aromatic N) is 4. The number of rotatable bonds is 8. The molecule has 1 aromatic carbocycles. The van der Waals surface area contributed by atoms with Gasteiger partial charge < -0.3 is 20.4 Å². The van der Waals surface area contributed by atoms with Crippen molar-refractivity contribution in [1.82, 2.24) is 19.8 Å². The molecule has 2 aliphatic heterocycles. The van der Waals surface area contributed by atoms with Crippen LogP contribution in [-0.4, -0.2) is 58.9 Å². The van der Waals surface area contributed by atoms with Gasteiger partial charge in [0.25, 0.3) is 0 Å². The second-order valence-electron chi connectivity index (χ2n) is 9.49. The van der Waals surface area contributed by atoms with E-state index in [4.69, 9.17) is 4.98 Å². The van der Waals surface area contributed by atoms with Gasteiger partial charge in [0.1, 0.15) is 5.82 Å². The normalized spacial score (nSPS) is 19.0. The summed E-state index contributed by atoms with van der Waals surface area (Å²) in [6.07, 6.45) is 9.30. The van der Waals surface area contributed by atoms with Crippen molar-refractivity contribution in [3.63, 3.8) is 0 Å². The molecular formula is C25H34N6O. The lowest BCUT2D eigenvalue weighted by Crippen LogP contribution is -2.36. The average Bonchev–Trinajstić information content (AvgIpc) is 3.63. The molecule has 0 bridgehead atoms. The number of carbonyl (C=O) groups is 1. The van der Waals surface area contributed by atoms with Gasteiger partial charge in [-0.15, -0.1) is 0 Å². The lowest BCUT2D eigenvalue weighted by atomic mass is 9.99. The van der Waals surface area contributed by atoms with Gasteiger partial charge in [0, 0.05) is 56.6 Å². The largest absolute Gasteiger partial charge is 0.370 e. The summed E-state index contributed by atoms with van der Waals surface area (Å²) in [6, 6.07) is 6.58. The molecule has 0 spiro atoms.